The average Bonchev–Trinajstić information content (AvgIpc) is 3.77. The lowest BCUT2D eigenvalue weighted by atomic mass is 10.3. The molecule has 4 rings (SSSR count). The first-order valence-corrected chi connectivity index (χ1v) is 14.8. The van der Waals surface area contributed by atoms with Gasteiger partial charge in [0.25, 0.3) is 23.6 Å². The van der Waals surface area contributed by atoms with Crippen molar-refractivity contribution in [2.75, 3.05) is 49.7 Å². The molecule has 0 spiro atoms. The Kier molecular flexibility index (Phi) is 10.9. The number of carbonyl (C=O) groups is 5. The molecule has 5 N–H and O–H groups in total. The summed E-state index contributed by atoms with van der Waals surface area (Å²) in [5.74, 6) is -1.83. The van der Waals surface area contributed by atoms with E-state index in [1.54, 1.807) is 61.9 Å². The van der Waals surface area contributed by atoms with Gasteiger partial charge in [-0.15, -0.1) is 0 Å². The molecule has 17 heteroatoms. The Morgan fingerprint density at radius 3 is 1.94 bits per heavy atom. The maximum absolute atomic E-state index is 13.0. The normalized spacial score (nSPS) is 11.0. The SMILES string of the molecule is CN(C)CCCNC(=O)CCNC(=O)c1nc(NC(=O)c2nc(NC(=O)c3cc(NC(=O)c4cccn4C)cn3C)cn2C)cn1C. The molecule has 0 aliphatic heterocycles. The van der Waals surface area contributed by atoms with Crippen LogP contribution in [0.15, 0.2) is 43.0 Å². The summed E-state index contributed by atoms with van der Waals surface area (Å²) in [4.78, 5) is 73.7. The number of aryl methyl sites for hydroxylation is 4. The van der Waals surface area contributed by atoms with Crippen molar-refractivity contribution in [1.29, 1.82) is 0 Å². The highest BCUT2D eigenvalue weighted by Crippen LogP contribution is 2.17. The molecule has 5 amide bonds. The molecule has 0 atom stereocenters. The van der Waals surface area contributed by atoms with Gasteiger partial charge in [-0.3, -0.25) is 24.0 Å². The summed E-state index contributed by atoms with van der Waals surface area (Å²) in [6.07, 6.45) is 7.26. The number of carbonyl (C=O) groups excluding carboxylic acids is 5. The molecule has 0 bridgehead atoms. The molecule has 250 valence electrons. The molecule has 0 saturated carbocycles. The van der Waals surface area contributed by atoms with Crippen LogP contribution >= 0.6 is 0 Å². The predicted octanol–water partition coefficient (Wildman–Crippen LogP) is 0.775. The quantitative estimate of drug-likeness (QED) is 0.124. The third kappa shape index (κ3) is 8.94. The fourth-order valence-corrected chi connectivity index (χ4v) is 4.66. The van der Waals surface area contributed by atoms with Crippen molar-refractivity contribution in [3.8, 4) is 0 Å². The predicted molar refractivity (Wildman–Crippen MR) is 174 cm³/mol. The first kappa shape index (κ1) is 34.2. The number of nitrogens with one attached hydrogen (secondary N) is 5. The van der Waals surface area contributed by atoms with Gasteiger partial charge in [0.05, 0.1) is 5.69 Å². The first-order valence-electron chi connectivity index (χ1n) is 14.8. The monoisotopic (exact) mass is 648 g/mol. The van der Waals surface area contributed by atoms with E-state index in [1.165, 1.54) is 27.6 Å². The lowest BCUT2D eigenvalue weighted by Crippen LogP contribution is -2.32. The number of hydrogen-bond acceptors (Lipinski definition) is 8. The maximum atomic E-state index is 13.0. The number of imidazole rings is 2. The molecule has 0 aliphatic rings. The van der Waals surface area contributed by atoms with Crippen LogP contribution < -0.4 is 26.6 Å². The van der Waals surface area contributed by atoms with Crippen LogP contribution in [-0.2, 0) is 33.0 Å². The zero-order valence-electron chi connectivity index (χ0n) is 27.2. The Hall–Kier alpha value is -5.71. The van der Waals surface area contributed by atoms with Gasteiger partial charge in [0.1, 0.15) is 11.4 Å². The second kappa shape index (κ2) is 15.0. The van der Waals surface area contributed by atoms with Crippen molar-refractivity contribution in [2.45, 2.75) is 12.8 Å². The third-order valence-corrected chi connectivity index (χ3v) is 7.06. The van der Waals surface area contributed by atoms with Crippen LogP contribution in [-0.4, -0.2) is 96.4 Å². The van der Waals surface area contributed by atoms with Gasteiger partial charge in [-0.25, -0.2) is 9.97 Å². The zero-order valence-corrected chi connectivity index (χ0v) is 27.2. The van der Waals surface area contributed by atoms with E-state index in [9.17, 15) is 24.0 Å². The van der Waals surface area contributed by atoms with E-state index in [1.807, 2.05) is 19.0 Å². The van der Waals surface area contributed by atoms with Gasteiger partial charge in [0, 0.05) is 72.5 Å². The van der Waals surface area contributed by atoms with E-state index < -0.39 is 17.7 Å². The fraction of sp³-hybridized carbons (Fsp3) is 0.367. The second-order valence-electron chi connectivity index (χ2n) is 11.2. The van der Waals surface area contributed by atoms with Crippen LogP contribution in [0, 0.1) is 0 Å². The summed E-state index contributed by atoms with van der Waals surface area (Å²) in [5.41, 5.74) is 1.15. The van der Waals surface area contributed by atoms with Gasteiger partial charge in [0.2, 0.25) is 17.6 Å². The van der Waals surface area contributed by atoms with Gasteiger partial charge < -0.3 is 49.8 Å². The summed E-state index contributed by atoms with van der Waals surface area (Å²) in [6, 6.07) is 4.97. The molecule has 0 radical (unpaired) electrons. The molecular weight excluding hydrogens is 608 g/mol. The van der Waals surface area contributed by atoms with Gasteiger partial charge in [-0.2, -0.15) is 0 Å². The van der Waals surface area contributed by atoms with E-state index in [0.717, 1.165) is 13.0 Å². The minimum absolute atomic E-state index is 0.0176. The number of hydrogen-bond donors (Lipinski definition) is 5. The summed E-state index contributed by atoms with van der Waals surface area (Å²) in [6.45, 7) is 1.54. The number of rotatable bonds is 14. The van der Waals surface area contributed by atoms with Crippen LogP contribution in [0.4, 0.5) is 17.3 Å². The van der Waals surface area contributed by atoms with E-state index in [0.29, 0.717) is 17.9 Å². The van der Waals surface area contributed by atoms with Gasteiger partial charge in [-0.05, 0) is 45.3 Å². The van der Waals surface area contributed by atoms with E-state index in [4.69, 9.17) is 0 Å². The third-order valence-electron chi connectivity index (χ3n) is 7.06. The largest absolute Gasteiger partial charge is 0.356 e. The number of anilines is 3. The van der Waals surface area contributed by atoms with E-state index >= 15 is 0 Å². The lowest BCUT2D eigenvalue weighted by molar-refractivity contribution is -0.120. The highest BCUT2D eigenvalue weighted by Gasteiger charge is 2.21. The van der Waals surface area contributed by atoms with Crippen LogP contribution in [0.1, 0.15) is 55.1 Å². The summed E-state index contributed by atoms with van der Waals surface area (Å²) in [7, 11) is 10.5. The van der Waals surface area contributed by atoms with Crippen molar-refractivity contribution in [1.82, 2.24) is 43.8 Å². The molecule has 47 heavy (non-hydrogen) atoms. The van der Waals surface area contributed by atoms with E-state index in [-0.39, 0.29) is 53.8 Å². The Labute approximate surface area is 271 Å². The van der Waals surface area contributed by atoms with Gasteiger partial charge >= 0.3 is 0 Å². The molecule has 0 fully saturated rings. The zero-order chi connectivity index (χ0) is 34.2. The Balaban J connectivity index is 1.30. The summed E-state index contributed by atoms with van der Waals surface area (Å²) >= 11 is 0. The molecule has 0 saturated heterocycles. The molecule has 0 unspecified atom stereocenters. The smallest absolute Gasteiger partial charge is 0.292 e. The highest BCUT2D eigenvalue weighted by molar-refractivity contribution is 6.07. The Morgan fingerprint density at radius 2 is 1.32 bits per heavy atom. The maximum Gasteiger partial charge on any atom is 0.292 e. The molecular formula is C30H40N12O5. The number of nitrogens with zero attached hydrogens (tertiary/aromatic N) is 7. The first-order chi connectivity index (χ1) is 22.3. The Morgan fingerprint density at radius 1 is 0.702 bits per heavy atom. The number of amides is 5. The van der Waals surface area contributed by atoms with Crippen molar-refractivity contribution in [3.63, 3.8) is 0 Å². The summed E-state index contributed by atoms with van der Waals surface area (Å²) in [5, 5.41) is 13.5. The molecule has 4 heterocycles. The molecule has 0 aromatic carbocycles. The molecule has 17 nitrogen and oxygen atoms in total. The highest BCUT2D eigenvalue weighted by atomic mass is 16.2. The van der Waals surface area contributed by atoms with Crippen LogP contribution in [0.5, 0.6) is 0 Å². The molecule has 4 aromatic heterocycles. The fourth-order valence-electron chi connectivity index (χ4n) is 4.66. The minimum Gasteiger partial charge on any atom is -0.356 e. The van der Waals surface area contributed by atoms with Crippen LogP contribution in [0.2, 0.25) is 0 Å². The molecule has 0 aliphatic carbocycles. The Bertz CT molecular complexity index is 1780. The van der Waals surface area contributed by atoms with Crippen molar-refractivity contribution in [3.05, 3.63) is 66.0 Å². The van der Waals surface area contributed by atoms with Gasteiger partial charge in [-0.1, -0.05) is 0 Å². The molecule has 4 aromatic rings. The minimum atomic E-state index is -0.617. The van der Waals surface area contributed by atoms with Gasteiger partial charge in [0.15, 0.2) is 11.6 Å². The lowest BCUT2D eigenvalue weighted by Gasteiger charge is -2.10. The van der Waals surface area contributed by atoms with Crippen molar-refractivity contribution < 1.29 is 24.0 Å². The second-order valence-corrected chi connectivity index (χ2v) is 11.2. The van der Waals surface area contributed by atoms with Crippen molar-refractivity contribution in [2.24, 2.45) is 28.2 Å². The van der Waals surface area contributed by atoms with Crippen LogP contribution in [0.3, 0.4) is 0 Å². The standard InChI is InChI=1S/C30H40N12O5/c1-38(2)13-8-11-31-24(43)10-12-32-29(46)25-34-23(18-41(25)5)37-30(47)26-35-22(17-42(26)6)36-28(45)21-15-19(16-40(21)4)33-27(44)20-9-7-14-39(20)3/h7,9,14-18H,8,10-13H2,1-6H3,(H,31,43)(H,32,46)(H,33,44)(H,36,45)(H,37,47). The summed E-state index contributed by atoms with van der Waals surface area (Å²) < 4.78 is 6.13. The average molecular weight is 649 g/mol. The topological polar surface area (TPSA) is 194 Å². The number of aromatic nitrogens is 6. The van der Waals surface area contributed by atoms with E-state index in [2.05, 4.69) is 36.6 Å². The van der Waals surface area contributed by atoms with Crippen molar-refractivity contribution >= 4 is 46.9 Å². The van der Waals surface area contributed by atoms with Crippen LogP contribution in [0.25, 0.3) is 0 Å².